The number of rotatable bonds is 8. The number of hydrogen-bond acceptors (Lipinski definition) is 5. The Morgan fingerprint density at radius 3 is 2.59 bits per heavy atom. The zero-order chi connectivity index (χ0) is 19.1. The molecule has 0 aliphatic carbocycles. The van der Waals surface area contributed by atoms with Crippen LogP contribution < -0.4 is 14.8 Å². The quantitative estimate of drug-likeness (QED) is 0.620. The number of benzene rings is 2. The molecule has 1 heterocycles. The summed E-state index contributed by atoms with van der Waals surface area (Å²) in [5.41, 5.74) is 2.53. The van der Waals surface area contributed by atoms with E-state index >= 15 is 0 Å². The second kappa shape index (κ2) is 8.84. The van der Waals surface area contributed by atoms with Crippen LogP contribution in [0.3, 0.4) is 0 Å². The second-order valence-electron chi connectivity index (χ2n) is 5.92. The lowest BCUT2D eigenvalue weighted by Gasteiger charge is -2.11. The monoisotopic (exact) mass is 366 g/mol. The standard InChI is InChI=1S/C20H22N4O3/c1-26-17-8-9-18(19(14-17)27-2)15-4-6-16(7-5-15)20(25)21-10-3-12-24-13-11-22-23-24/h4-9,11,13-14H,3,10,12H2,1-2H3,(H,21,25). The van der Waals surface area contributed by atoms with Gasteiger partial charge < -0.3 is 14.8 Å². The third-order valence-corrected chi connectivity index (χ3v) is 4.19. The first-order valence-corrected chi connectivity index (χ1v) is 8.66. The fraction of sp³-hybridized carbons (Fsp3) is 0.250. The third kappa shape index (κ3) is 4.63. The van der Waals surface area contributed by atoms with Gasteiger partial charge in [-0.15, -0.1) is 5.10 Å². The molecule has 0 fully saturated rings. The van der Waals surface area contributed by atoms with E-state index in [-0.39, 0.29) is 5.91 Å². The van der Waals surface area contributed by atoms with Crippen LogP contribution in [0.1, 0.15) is 16.8 Å². The van der Waals surface area contributed by atoms with Gasteiger partial charge in [-0.1, -0.05) is 17.3 Å². The Balaban J connectivity index is 1.60. The molecule has 0 bridgehead atoms. The maximum atomic E-state index is 12.3. The average molecular weight is 366 g/mol. The summed E-state index contributed by atoms with van der Waals surface area (Å²) in [6.07, 6.45) is 4.22. The Hall–Kier alpha value is -3.35. The van der Waals surface area contributed by atoms with Gasteiger partial charge in [-0.2, -0.15) is 0 Å². The van der Waals surface area contributed by atoms with Crippen LogP contribution in [0.4, 0.5) is 0 Å². The lowest BCUT2D eigenvalue weighted by molar-refractivity contribution is 0.0952. The number of nitrogens with one attached hydrogen (secondary N) is 1. The van der Waals surface area contributed by atoms with Gasteiger partial charge in [0.2, 0.25) is 0 Å². The molecule has 0 saturated carbocycles. The van der Waals surface area contributed by atoms with Crippen molar-refractivity contribution in [3.8, 4) is 22.6 Å². The Morgan fingerprint density at radius 2 is 1.93 bits per heavy atom. The minimum atomic E-state index is -0.0955. The van der Waals surface area contributed by atoms with Crippen LogP contribution in [-0.2, 0) is 6.54 Å². The van der Waals surface area contributed by atoms with Gasteiger partial charge in [0.15, 0.2) is 0 Å². The molecule has 1 N–H and O–H groups in total. The summed E-state index contributed by atoms with van der Waals surface area (Å²) >= 11 is 0. The first kappa shape index (κ1) is 18.4. The van der Waals surface area contributed by atoms with Crippen LogP contribution in [0, 0.1) is 0 Å². The lowest BCUT2D eigenvalue weighted by Crippen LogP contribution is -2.25. The van der Waals surface area contributed by atoms with E-state index in [0.717, 1.165) is 35.6 Å². The van der Waals surface area contributed by atoms with Gasteiger partial charge in [-0.05, 0) is 36.2 Å². The minimum absolute atomic E-state index is 0.0955. The molecule has 3 aromatic rings. The summed E-state index contributed by atoms with van der Waals surface area (Å²) in [7, 11) is 3.24. The van der Waals surface area contributed by atoms with E-state index in [4.69, 9.17) is 9.47 Å². The number of methoxy groups -OCH3 is 2. The lowest BCUT2D eigenvalue weighted by atomic mass is 10.0. The highest BCUT2D eigenvalue weighted by molar-refractivity contribution is 5.94. The number of hydrogen-bond donors (Lipinski definition) is 1. The number of amides is 1. The molecule has 0 saturated heterocycles. The fourth-order valence-corrected chi connectivity index (χ4v) is 2.74. The molecule has 1 aromatic heterocycles. The summed E-state index contributed by atoms with van der Waals surface area (Å²) in [6, 6.07) is 13.1. The molecule has 2 aromatic carbocycles. The molecule has 7 nitrogen and oxygen atoms in total. The van der Waals surface area contributed by atoms with E-state index in [1.54, 1.807) is 31.3 Å². The number of ether oxygens (including phenoxy) is 2. The number of nitrogens with zero attached hydrogens (tertiary/aromatic N) is 3. The van der Waals surface area contributed by atoms with E-state index < -0.39 is 0 Å². The van der Waals surface area contributed by atoms with Crippen molar-refractivity contribution in [1.29, 1.82) is 0 Å². The van der Waals surface area contributed by atoms with Gasteiger partial charge >= 0.3 is 0 Å². The minimum Gasteiger partial charge on any atom is -0.497 e. The average Bonchev–Trinajstić information content (AvgIpc) is 3.24. The Bertz CT molecular complexity index is 877. The summed E-state index contributed by atoms with van der Waals surface area (Å²) in [5.74, 6) is 1.36. The highest BCUT2D eigenvalue weighted by Crippen LogP contribution is 2.33. The summed E-state index contributed by atoms with van der Waals surface area (Å²) < 4.78 is 12.4. The van der Waals surface area contributed by atoms with Gasteiger partial charge in [0, 0.05) is 36.5 Å². The SMILES string of the molecule is COc1ccc(-c2ccc(C(=O)NCCCn3ccnn3)cc2)c(OC)c1. The fourth-order valence-electron chi connectivity index (χ4n) is 2.74. The normalized spacial score (nSPS) is 10.4. The molecule has 0 unspecified atom stereocenters. The van der Waals surface area contributed by atoms with Crippen LogP contribution in [0.2, 0.25) is 0 Å². The Labute approximate surface area is 157 Å². The Kier molecular flexibility index (Phi) is 6.04. The summed E-state index contributed by atoms with van der Waals surface area (Å²) in [6.45, 7) is 1.29. The van der Waals surface area contributed by atoms with E-state index in [1.165, 1.54) is 0 Å². The van der Waals surface area contributed by atoms with Gasteiger partial charge in [0.25, 0.3) is 5.91 Å². The van der Waals surface area contributed by atoms with Crippen molar-refractivity contribution in [1.82, 2.24) is 20.3 Å². The van der Waals surface area contributed by atoms with Crippen molar-refractivity contribution in [2.75, 3.05) is 20.8 Å². The van der Waals surface area contributed by atoms with Crippen LogP contribution in [0.5, 0.6) is 11.5 Å². The highest BCUT2D eigenvalue weighted by atomic mass is 16.5. The van der Waals surface area contributed by atoms with E-state index in [0.29, 0.717) is 12.1 Å². The molecule has 0 radical (unpaired) electrons. The number of aromatic nitrogens is 3. The van der Waals surface area contributed by atoms with Crippen LogP contribution in [0.15, 0.2) is 54.9 Å². The second-order valence-corrected chi connectivity index (χ2v) is 5.92. The zero-order valence-electron chi connectivity index (χ0n) is 15.4. The van der Waals surface area contributed by atoms with Gasteiger partial charge in [0.05, 0.1) is 20.4 Å². The first-order valence-electron chi connectivity index (χ1n) is 8.66. The predicted octanol–water partition coefficient (Wildman–Crippen LogP) is 2.78. The molecular weight excluding hydrogens is 344 g/mol. The van der Waals surface area contributed by atoms with Crippen molar-refractivity contribution in [2.45, 2.75) is 13.0 Å². The molecule has 0 aliphatic rings. The molecule has 27 heavy (non-hydrogen) atoms. The van der Waals surface area contributed by atoms with Crippen LogP contribution >= 0.6 is 0 Å². The smallest absolute Gasteiger partial charge is 0.251 e. The van der Waals surface area contributed by atoms with Crippen LogP contribution in [0.25, 0.3) is 11.1 Å². The van der Waals surface area contributed by atoms with Gasteiger partial charge in [-0.25, -0.2) is 0 Å². The molecule has 0 atom stereocenters. The van der Waals surface area contributed by atoms with E-state index in [1.807, 2.05) is 42.5 Å². The molecule has 3 rings (SSSR count). The molecular formula is C20H22N4O3. The molecule has 0 aliphatic heterocycles. The molecule has 140 valence electrons. The van der Waals surface area contributed by atoms with E-state index in [2.05, 4.69) is 15.6 Å². The van der Waals surface area contributed by atoms with Crippen molar-refractivity contribution in [3.05, 3.63) is 60.4 Å². The van der Waals surface area contributed by atoms with Crippen molar-refractivity contribution >= 4 is 5.91 Å². The predicted molar refractivity (Wildman–Crippen MR) is 102 cm³/mol. The summed E-state index contributed by atoms with van der Waals surface area (Å²) in [5, 5.41) is 10.6. The number of carbonyl (C=O) groups excluding carboxylic acids is 1. The number of aryl methyl sites for hydroxylation is 1. The topological polar surface area (TPSA) is 78.3 Å². The first-order chi connectivity index (χ1) is 13.2. The third-order valence-electron chi connectivity index (χ3n) is 4.19. The molecule has 1 amide bonds. The summed E-state index contributed by atoms with van der Waals surface area (Å²) in [4.78, 5) is 12.3. The molecule has 0 spiro atoms. The number of carbonyl (C=O) groups is 1. The Morgan fingerprint density at radius 1 is 1.11 bits per heavy atom. The highest BCUT2D eigenvalue weighted by Gasteiger charge is 2.09. The van der Waals surface area contributed by atoms with Crippen LogP contribution in [-0.4, -0.2) is 41.7 Å². The van der Waals surface area contributed by atoms with Gasteiger partial charge in [-0.3, -0.25) is 9.48 Å². The maximum absolute atomic E-state index is 12.3. The zero-order valence-corrected chi connectivity index (χ0v) is 15.4. The van der Waals surface area contributed by atoms with E-state index in [9.17, 15) is 4.79 Å². The molecule has 7 heteroatoms. The van der Waals surface area contributed by atoms with Crippen molar-refractivity contribution < 1.29 is 14.3 Å². The van der Waals surface area contributed by atoms with Crippen molar-refractivity contribution in [3.63, 3.8) is 0 Å². The maximum Gasteiger partial charge on any atom is 0.251 e. The largest absolute Gasteiger partial charge is 0.497 e. The van der Waals surface area contributed by atoms with Crippen molar-refractivity contribution in [2.24, 2.45) is 0 Å². The van der Waals surface area contributed by atoms with Gasteiger partial charge in [0.1, 0.15) is 11.5 Å².